The first-order chi connectivity index (χ1) is 27.4. The molecule has 0 radical (unpaired) electrons. The van der Waals surface area contributed by atoms with Gasteiger partial charge in [0.25, 0.3) is 0 Å². The highest BCUT2D eigenvalue weighted by Crippen LogP contribution is 2.46. The fourth-order valence-electron chi connectivity index (χ4n) is 8.90. The van der Waals surface area contributed by atoms with Crippen molar-refractivity contribution in [1.29, 1.82) is 0 Å². The van der Waals surface area contributed by atoms with Crippen molar-refractivity contribution < 1.29 is 22.0 Å². The van der Waals surface area contributed by atoms with Crippen LogP contribution in [-0.4, -0.2) is 14.1 Å². The predicted molar refractivity (Wildman–Crippen MR) is 218 cm³/mol. The zero-order valence-electron chi connectivity index (χ0n) is 29.3. The molecule has 0 atom stereocenters. The maximum atomic E-state index is 14.7. The molecule has 12 rings (SSSR count). The van der Waals surface area contributed by atoms with Crippen LogP contribution in [0, 0.1) is 0 Å². The molecular weight excluding hydrogens is 708 g/mol. The zero-order chi connectivity index (χ0) is 37.3. The Bertz CT molecular complexity index is 3600. The summed E-state index contributed by atoms with van der Waals surface area (Å²) in [6.07, 6.45) is -1.12. The van der Waals surface area contributed by atoms with Gasteiger partial charge in [0.05, 0.1) is 49.8 Å². The number of rotatable bonds is 3. The van der Waals surface area contributed by atoms with Crippen LogP contribution in [0.15, 0.2) is 167 Å². The molecule has 12 aromatic rings. The molecule has 0 aliphatic carbocycles. The van der Waals surface area contributed by atoms with Gasteiger partial charge in [-0.15, -0.1) is 0 Å². The lowest BCUT2D eigenvalue weighted by Gasteiger charge is -2.19. The van der Waals surface area contributed by atoms with Crippen molar-refractivity contribution in [3.63, 3.8) is 0 Å². The Labute approximate surface area is 315 Å². The smallest absolute Gasteiger partial charge is 0.416 e. The lowest BCUT2D eigenvalue weighted by atomic mass is 10.00. The first kappa shape index (κ1) is 31.1. The van der Waals surface area contributed by atoms with Crippen molar-refractivity contribution >= 4 is 87.5 Å². The molecule has 8 heteroatoms. The number of hydrogen-bond donors (Lipinski definition) is 0. The minimum atomic E-state index is -4.58. The first-order valence-corrected chi connectivity index (χ1v) is 18.3. The van der Waals surface area contributed by atoms with Crippen molar-refractivity contribution in [3.05, 3.63) is 164 Å². The van der Waals surface area contributed by atoms with Crippen molar-refractivity contribution in [2.75, 3.05) is 0 Å². The van der Waals surface area contributed by atoms with Gasteiger partial charge in [0.1, 0.15) is 22.3 Å². The van der Waals surface area contributed by atoms with Crippen molar-refractivity contribution in [2.45, 2.75) is 6.18 Å². The van der Waals surface area contributed by atoms with E-state index in [4.69, 9.17) is 8.83 Å². The van der Waals surface area contributed by atoms with Gasteiger partial charge in [-0.3, -0.25) is 4.98 Å². The normalized spacial score (nSPS) is 12.6. The molecule has 0 aliphatic rings. The van der Waals surface area contributed by atoms with Crippen LogP contribution in [0.4, 0.5) is 13.2 Å². The van der Waals surface area contributed by atoms with Crippen molar-refractivity contribution in [2.24, 2.45) is 0 Å². The second kappa shape index (κ2) is 11.1. The maximum Gasteiger partial charge on any atom is 0.416 e. The van der Waals surface area contributed by atoms with E-state index < -0.39 is 11.7 Å². The third-order valence-electron chi connectivity index (χ3n) is 11.3. The molecule has 0 fully saturated rings. The second-order valence-corrected chi connectivity index (χ2v) is 14.2. The van der Waals surface area contributed by atoms with Crippen LogP contribution in [0.2, 0.25) is 0 Å². The highest BCUT2D eigenvalue weighted by atomic mass is 19.4. The highest BCUT2D eigenvalue weighted by molar-refractivity contribution is 6.25. The van der Waals surface area contributed by atoms with Crippen LogP contribution in [0.3, 0.4) is 0 Å². The van der Waals surface area contributed by atoms with Gasteiger partial charge in [-0.05, 0) is 66.7 Å². The van der Waals surface area contributed by atoms with E-state index in [-0.39, 0.29) is 0 Å². The van der Waals surface area contributed by atoms with Crippen LogP contribution < -0.4 is 0 Å². The summed E-state index contributed by atoms with van der Waals surface area (Å²) in [5.41, 5.74) is 7.99. The van der Waals surface area contributed by atoms with E-state index >= 15 is 0 Å². The average molecular weight is 734 g/mol. The lowest BCUT2D eigenvalue weighted by Crippen LogP contribution is -2.08. The second-order valence-electron chi connectivity index (χ2n) is 14.2. The maximum absolute atomic E-state index is 14.7. The number of para-hydroxylation sites is 4. The fourth-order valence-corrected chi connectivity index (χ4v) is 8.90. The van der Waals surface area contributed by atoms with E-state index in [1.165, 1.54) is 6.07 Å². The van der Waals surface area contributed by atoms with Gasteiger partial charge in [-0.2, -0.15) is 13.2 Å². The summed E-state index contributed by atoms with van der Waals surface area (Å²) in [4.78, 5) is 4.58. The monoisotopic (exact) mass is 733 g/mol. The molecule has 0 N–H and O–H groups in total. The lowest BCUT2D eigenvalue weighted by molar-refractivity contribution is -0.137. The standard InChI is InChI=1S/C48H26F3N3O2/c49-48(50,51)27-17-18-28(41(25-27)54-37-14-6-2-12-34(37)45-40(54)22-20-32-30-10-4-8-16-43(30)56-47(32)45)35-26-52-24-23-38(35)53-36-13-5-1-11-33(36)44-39(53)21-19-31-29-9-3-7-15-42(29)55-46(31)44/h1-26H. The van der Waals surface area contributed by atoms with E-state index in [9.17, 15) is 13.2 Å². The Morgan fingerprint density at radius 1 is 0.446 bits per heavy atom. The summed E-state index contributed by atoms with van der Waals surface area (Å²) in [5.74, 6) is 0. The fraction of sp³-hybridized carbons (Fsp3) is 0.0208. The summed E-state index contributed by atoms with van der Waals surface area (Å²) in [7, 11) is 0. The van der Waals surface area contributed by atoms with Crippen LogP contribution in [-0.2, 0) is 6.18 Å². The zero-order valence-corrected chi connectivity index (χ0v) is 29.3. The largest absolute Gasteiger partial charge is 0.455 e. The number of nitrogens with zero attached hydrogens (tertiary/aromatic N) is 3. The summed E-state index contributed by atoms with van der Waals surface area (Å²) in [5, 5.41) is 7.64. The van der Waals surface area contributed by atoms with Crippen molar-refractivity contribution in [1.82, 2.24) is 14.1 Å². The van der Waals surface area contributed by atoms with E-state index in [0.717, 1.165) is 93.7 Å². The van der Waals surface area contributed by atoms with Crippen LogP contribution in [0.25, 0.3) is 110 Å². The van der Waals surface area contributed by atoms with Gasteiger partial charge in [-0.1, -0.05) is 78.9 Å². The molecule has 0 spiro atoms. The van der Waals surface area contributed by atoms with Gasteiger partial charge < -0.3 is 18.0 Å². The minimum absolute atomic E-state index is 0.371. The number of furan rings is 2. The summed E-state index contributed by atoms with van der Waals surface area (Å²) in [6.45, 7) is 0. The number of halogens is 3. The predicted octanol–water partition coefficient (Wildman–Crippen LogP) is 13.8. The number of alkyl halides is 3. The molecule has 5 heterocycles. The molecule has 7 aromatic carbocycles. The van der Waals surface area contributed by atoms with E-state index in [1.807, 2.05) is 102 Å². The molecule has 56 heavy (non-hydrogen) atoms. The van der Waals surface area contributed by atoms with Crippen LogP contribution in [0.5, 0.6) is 0 Å². The van der Waals surface area contributed by atoms with Crippen molar-refractivity contribution in [3.8, 4) is 22.5 Å². The molecule has 0 unspecified atom stereocenters. The number of hydrogen-bond acceptors (Lipinski definition) is 3. The van der Waals surface area contributed by atoms with E-state index in [2.05, 4.69) is 39.9 Å². The summed E-state index contributed by atoms with van der Waals surface area (Å²) in [6, 6.07) is 45.9. The Morgan fingerprint density at radius 3 is 1.54 bits per heavy atom. The molecule has 266 valence electrons. The number of aromatic nitrogens is 3. The summed E-state index contributed by atoms with van der Waals surface area (Å²) >= 11 is 0. The van der Waals surface area contributed by atoms with Gasteiger partial charge in [0, 0.05) is 55.8 Å². The Hall–Kier alpha value is -7.32. The molecule has 0 aliphatic heterocycles. The Balaban J connectivity index is 1.19. The number of benzene rings is 7. The third-order valence-corrected chi connectivity index (χ3v) is 11.3. The quantitative estimate of drug-likeness (QED) is 0.182. The third kappa shape index (κ3) is 4.18. The first-order valence-electron chi connectivity index (χ1n) is 18.3. The molecule has 0 saturated heterocycles. The topological polar surface area (TPSA) is 49.0 Å². The van der Waals surface area contributed by atoms with E-state index in [0.29, 0.717) is 22.4 Å². The molecule has 5 nitrogen and oxygen atoms in total. The highest BCUT2D eigenvalue weighted by Gasteiger charge is 2.33. The molecule has 0 amide bonds. The SMILES string of the molecule is FC(F)(F)c1ccc(-c2cnccc2-n2c3ccccc3c3c4oc5ccccc5c4ccc32)c(-n2c3ccccc3c3c4oc5ccccc5c4ccc32)c1. The van der Waals surface area contributed by atoms with Crippen LogP contribution in [0.1, 0.15) is 5.56 Å². The molecule has 5 aromatic heterocycles. The minimum Gasteiger partial charge on any atom is -0.455 e. The Kier molecular flexibility index (Phi) is 6.17. The van der Waals surface area contributed by atoms with Gasteiger partial charge >= 0.3 is 6.18 Å². The van der Waals surface area contributed by atoms with Gasteiger partial charge in [0.15, 0.2) is 0 Å². The average Bonchev–Trinajstić information content (AvgIpc) is 3.97. The number of pyridine rings is 1. The van der Waals surface area contributed by atoms with Gasteiger partial charge in [0.2, 0.25) is 0 Å². The Morgan fingerprint density at radius 2 is 0.964 bits per heavy atom. The molecule has 0 bridgehead atoms. The van der Waals surface area contributed by atoms with Gasteiger partial charge in [-0.25, -0.2) is 0 Å². The summed E-state index contributed by atoms with van der Waals surface area (Å²) < 4.78 is 61.3. The number of fused-ring (bicyclic) bond motifs is 14. The van der Waals surface area contributed by atoms with Crippen LogP contribution >= 0.6 is 0 Å². The molecular formula is C48H26F3N3O2. The van der Waals surface area contributed by atoms with E-state index in [1.54, 1.807) is 18.5 Å². The molecule has 0 saturated carbocycles.